The molecule has 1 saturated heterocycles. The molecule has 2 aliphatic rings. The molecular weight excluding hydrogens is 390 g/mol. The van der Waals surface area contributed by atoms with Gasteiger partial charge in [-0.15, -0.1) is 0 Å². The first-order chi connectivity index (χ1) is 14.0. The van der Waals surface area contributed by atoms with Gasteiger partial charge in [-0.1, -0.05) is 0 Å². The van der Waals surface area contributed by atoms with Gasteiger partial charge in [0.2, 0.25) is 10.0 Å². The summed E-state index contributed by atoms with van der Waals surface area (Å²) >= 11 is 0. The maximum Gasteiger partial charge on any atom is 0.214 e. The molecule has 152 valence electrons. The SMILES string of the molecule is N#Cc1ccc(-c2ccc(OCC3OCCCC3NS(=O)(=O)C3CC3)cc2)nc1. The van der Waals surface area contributed by atoms with E-state index in [0.717, 1.165) is 36.9 Å². The summed E-state index contributed by atoms with van der Waals surface area (Å²) in [4.78, 5) is 4.28. The van der Waals surface area contributed by atoms with Gasteiger partial charge in [0, 0.05) is 18.4 Å². The Kier molecular flexibility index (Phi) is 5.81. The molecule has 0 radical (unpaired) electrons. The number of hydrogen-bond donors (Lipinski definition) is 1. The van der Waals surface area contributed by atoms with Crippen LogP contribution in [0.25, 0.3) is 11.3 Å². The molecule has 2 fully saturated rings. The normalized spacial score (nSPS) is 22.0. The van der Waals surface area contributed by atoms with Crippen molar-refractivity contribution in [2.24, 2.45) is 0 Å². The molecular formula is C21H23N3O4S. The van der Waals surface area contributed by atoms with Crippen LogP contribution in [0.3, 0.4) is 0 Å². The summed E-state index contributed by atoms with van der Waals surface area (Å²) in [5.74, 6) is 0.681. The Balaban J connectivity index is 1.36. The van der Waals surface area contributed by atoms with E-state index in [4.69, 9.17) is 14.7 Å². The van der Waals surface area contributed by atoms with Crippen LogP contribution in [0.2, 0.25) is 0 Å². The summed E-state index contributed by atoms with van der Waals surface area (Å²) in [5, 5.41) is 8.62. The van der Waals surface area contributed by atoms with Crippen molar-refractivity contribution in [1.82, 2.24) is 9.71 Å². The fraction of sp³-hybridized carbons (Fsp3) is 0.429. The second-order valence-electron chi connectivity index (χ2n) is 7.40. The summed E-state index contributed by atoms with van der Waals surface area (Å²) in [6.07, 6.45) is 4.30. The maximum absolute atomic E-state index is 12.3. The first kappa shape index (κ1) is 19.8. The molecule has 0 bridgehead atoms. The molecule has 1 aromatic heterocycles. The van der Waals surface area contributed by atoms with Crippen molar-refractivity contribution in [2.75, 3.05) is 13.2 Å². The Hall–Kier alpha value is -2.47. The molecule has 4 rings (SSSR count). The van der Waals surface area contributed by atoms with E-state index in [0.29, 0.717) is 17.9 Å². The van der Waals surface area contributed by atoms with Gasteiger partial charge in [0.1, 0.15) is 24.5 Å². The molecule has 29 heavy (non-hydrogen) atoms. The van der Waals surface area contributed by atoms with Crippen molar-refractivity contribution in [3.8, 4) is 23.1 Å². The summed E-state index contributed by atoms with van der Waals surface area (Å²) in [6.45, 7) is 0.894. The Bertz CT molecular complexity index is 980. The van der Waals surface area contributed by atoms with E-state index in [-0.39, 0.29) is 24.0 Å². The van der Waals surface area contributed by atoms with Crippen LogP contribution < -0.4 is 9.46 Å². The number of nitrogens with one attached hydrogen (secondary N) is 1. The van der Waals surface area contributed by atoms with E-state index in [1.54, 1.807) is 18.3 Å². The molecule has 7 nitrogen and oxygen atoms in total. The van der Waals surface area contributed by atoms with E-state index < -0.39 is 10.0 Å². The number of ether oxygens (including phenoxy) is 2. The highest BCUT2D eigenvalue weighted by atomic mass is 32.2. The van der Waals surface area contributed by atoms with E-state index in [2.05, 4.69) is 15.8 Å². The zero-order valence-corrected chi connectivity index (χ0v) is 16.8. The Morgan fingerprint density at radius 3 is 2.62 bits per heavy atom. The Morgan fingerprint density at radius 1 is 1.17 bits per heavy atom. The van der Waals surface area contributed by atoms with Crippen LogP contribution in [0.1, 0.15) is 31.2 Å². The number of nitrogens with zero attached hydrogens (tertiary/aromatic N) is 2. The molecule has 2 atom stereocenters. The van der Waals surface area contributed by atoms with Crippen molar-refractivity contribution in [3.05, 3.63) is 48.2 Å². The van der Waals surface area contributed by atoms with Crippen molar-refractivity contribution in [1.29, 1.82) is 5.26 Å². The second-order valence-corrected chi connectivity index (χ2v) is 9.39. The van der Waals surface area contributed by atoms with Gasteiger partial charge in [0.05, 0.1) is 22.5 Å². The molecule has 1 aromatic carbocycles. The largest absolute Gasteiger partial charge is 0.491 e. The topological polar surface area (TPSA) is 101 Å². The summed E-state index contributed by atoms with van der Waals surface area (Å²) in [7, 11) is -3.26. The lowest BCUT2D eigenvalue weighted by Gasteiger charge is -2.32. The summed E-state index contributed by atoms with van der Waals surface area (Å²) in [6, 6.07) is 12.8. The second kappa shape index (κ2) is 8.49. The summed E-state index contributed by atoms with van der Waals surface area (Å²) < 4.78 is 39.0. The molecule has 8 heteroatoms. The van der Waals surface area contributed by atoms with Crippen molar-refractivity contribution >= 4 is 10.0 Å². The van der Waals surface area contributed by atoms with E-state index in [1.807, 2.05) is 24.3 Å². The fourth-order valence-electron chi connectivity index (χ4n) is 3.36. The molecule has 1 saturated carbocycles. The minimum Gasteiger partial charge on any atom is -0.491 e. The van der Waals surface area contributed by atoms with Crippen LogP contribution in [-0.4, -0.2) is 44.0 Å². The van der Waals surface area contributed by atoms with Gasteiger partial charge in [-0.2, -0.15) is 5.26 Å². The third-order valence-electron chi connectivity index (χ3n) is 5.18. The Labute approximate surface area is 170 Å². The minimum absolute atomic E-state index is 0.241. The molecule has 0 amide bonds. The van der Waals surface area contributed by atoms with E-state index in [1.165, 1.54) is 0 Å². The highest BCUT2D eigenvalue weighted by molar-refractivity contribution is 7.90. The Morgan fingerprint density at radius 2 is 1.97 bits per heavy atom. The first-order valence-electron chi connectivity index (χ1n) is 9.77. The molecule has 2 aromatic rings. The number of aromatic nitrogens is 1. The zero-order valence-electron chi connectivity index (χ0n) is 16.0. The predicted octanol–water partition coefficient (Wildman–Crippen LogP) is 2.63. The first-order valence-corrected chi connectivity index (χ1v) is 11.3. The van der Waals surface area contributed by atoms with Crippen molar-refractivity contribution in [3.63, 3.8) is 0 Å². The van der Waals surface area contributed by atoms with Crippen LogP contribution in [0.4, 0.5) is 0 Å². The average molecular weight is 413 g/mol. The molecule has 2 unspecified atom stereocenters. The standard InChI is InChI=1S/C21H23N3O4S/c22-12-15-3-10-19(23-13-15)16-4-6-17(7-5-16)28-14-21-20(2-1-11-27-21)24-29(25,26)18-8-9-18/h3-7,10,13,18,20-21,24H,1-2,8-9,11,14H2. The fourth-order valence-corrected chi connectivity index (χ4v) is 5.00. The molecule has 0 spiro atoms. The number of sulfonamides is 1. The van der Waals surface area contributed by atoms with E-state index in [9.17, 15) is 8.42 Å². The van der Waals surface area contributed by atoms with Gasteiger partial charge in [0.15, 0.2) is 0 Å². The van der Waals surface area contributed by atoms with Crippen LogP contribution in [0.15, 0.2) is 42.6 Å². The van der Waals surface area contributed by atoms with Crippen LogP contribution in [0, 0.1) is 11.3 Å². The number of benzene rings is 1. The van der Waals surface area contributed by atoms with Gasteiger partial charge in [-0.25, -0.2) is 13.1 Å². The number of nitriles is 1. The molecule has 1 aliphatic carbocycles. The number of pyridine rings is 1. The monoisotopic (exact) mass is 413 g/mol. The number of hydrogen-bond acceptors (Lipinski definition) is 6. The lowest BCUT2D eigenvalue weighted by atomic mass is 10.0. The van der Waals surface area contributed by atoms with Gasteiger partial charge >= 0.3 is 0 Å². The highest BCUT2D eigenvalue weighted by Gasteiger charge is 2.39. The van der Waals surface area contributed by atoms with Crippen LogP contribution >= 0.6 is 0 Å². The van der Waals surface area contributed by atoms with Gasteiger partial charge in [-0.3, -0.25) is 4.98 Å². The molecule has 1 N–H and O–H groups in total. The number of rotatable bonds is 7. The van der Waals surface area contributed by atoms with Gasteiger partial charge in [0.25, 0.3) is 0 Å². The van der Waals surface area contributed by atoms with Crippen molar-refractivity contribution in [2.45, 2.75) is 43.1 Å². The van der Waals surface area contributed by atoms with Crippen LogP contribution in [-0.2, 0) is 14.8 Å². The minimum atomic E-state index is -3.26. The molecule has 1 aliphatic heterocycles. The average Bonchev–Trinajstić information content (AvgIpc) is 3.60. The quantitative estimate of drug-likeness (QED) is 0.749. The third kappa shape index (κ3) is 4.93. The van der Waals surface area contributed by atoms with E-state index >= 15 is 0 Å². The lowest BCUT2D eigenvalue weighted by Crippen LogP contribution is -2.50. The lowest BCUT2D eigenvalue weighted by molar-refractivity contribution is -0.0279. The smallest absolute Gasteiger partial charge is 0.214 e. The van der Waals surface area contributed by atoms with Crippen molar-refractivity contribution < 1.29 is 17.9 Å². The third-order valence-corrected chi connectivity index (χ3v) is 7.16. The van der Waals surface area contributed by atoms with Crippen LogP contribution in [0.5, 0.6) is 5.75 Å². The van der Waals surface area contributed by atoms with Gasteiger partial charge in [-0.05, 0) is 62.1 Å². The predicted molar refractivity (Wildman–Crippen MR) is 108 cm³/mol. The molecule has 2 heterocycles. The maximum atomic E-state index is 12.3. The zero-order chi connectivity index (χ0) is 20.3. The highest BCUT2D eigenvalue weighted by Crippen LogP contribution is 2.29. The summed E-state index contributed by atoms with van der Waals surface area (Å²) in [5.41, 5.74) is 2.22. The van der Waals surface area contributed by atoms with Gasteiger partial charge < -0.3 is 9.47 Å².